The van der Waals surface area contributed by atoms with Crippen LogP contribution in [0.25, 0.3) is 0 Å². The van der Waals surface area contributed by atoms with Gasteiger partial charge in [0, 0.05) is 43.0 Å². The third-order valence-electron chi connectivity index (χ3n) is 5.79. The van der Waals surface area contributed by atoms with E-state index in [0.717, 1.165) is 25.7 Å². The zero-order chi connectivity index (χ0) is 21.3. The van der Waals surface area contributed by atoms with E-state index in [-0.39, 0.29) is 24.0 Å². The maximum atomic E-state index is 12.5. The van der Waals surface area contributed by atoms with Crippen LogP contribution in [0, 0.1) is 0 Å². The molecule has 8 nitrogen and oxygen atoms in total. The molecule has 1 heterocycles. The number of anilines is 1. The van der Waals surface area contributed by atoms with Crippen LogP contribution < -0.4 is 21.3 Å². The molecule has 0 unspecified atom stereocenters. The molecule has 1 aromatic rings. The Morgan fingerprint density at radius 2 is 1.50 bits per heavy atom. The Balaban J connectivity index is 1.39. The van der Waals surface area contributed by atoms with Gasteiger partial charge in [0.25, 0.3) is 5.91 Å². The van der Waals surface area contributed by atoms with Crippen LogP contribution in [0.5, 0.6) is 0 Å². The van der Waals surface area contributed by atoms with Crippen LogP contribution >= 0.6 is 0 Å². The van der Waals surface area contributed by atoms with Gasteiger partial charge < -0.3 is 26.2 Å². The lowest BCUT2D eigenvalue weighted by molar-refractivity contribution is 0.0955. The minimum atomic E-state index is -0.161. The van der Waals surface area contributed by atoms with Gasteiger partial charge in [0.05, 0.1) is 0 Å². The first-order valence-corrected chi connectivity index (χ1v) is 11.1. The van der Waals surface area contributed by atoms with Gasteiger partial charge in [-0.3, -0.25) is 4.79 Å². The van der Waals surface area contributed by atoms with Crippen molar-refractivity contribution >= 4 is 23.7 Å². The highest BCUT2D eigenvalue weighted by Crippen LogP contribution is 2.18. The number of carbonyl (C=O) groups excluding carboxylic acids is 3. The summed E-state index contributed by atoms with van der Waals surface area (Å²) in [7, 11) is 0. The van der Waals surface area contributed by atoms with E-state index >= 15 is 0 Å². The second kappa shape index (κ2) is 10.8. The van der Waals surface area contributed by atoms with Gasteiger partial charge in [-0.1, -0.05) is 19.3 Å². The second-order valence-electron chi connectivity index (χ2n) is 8.08. The van der Waals surface area contributed by atoms with E-state index in [1.807, 2.05) is 6.92 Å². The number of carbonyl (C=O) groups is 3. The molecule has 30 heavy (non-hydrogen) atoms. The van der Waals surface area contributed by atoms with Crippen molar-refractivity contribution in [1.29, 1.82) is 0 Å². The van der Waals surface area contributed by atoms with Crippen LogP contribution in [0.1, 0.15) is 62.2 Å². The van der Waals surface area contributed by atoms with Crippen molar-refractivity contribution in [2.75, 3.05) is 25.0 Å². The first kappa shape index (κ1) is 21.9. The monoisotopic (exact) mass is 415 g/mol. The SMILES string of the molecule is CCNC(=O)c1ccc(NC(=O)N2CCC(NC(=O)NC3CCCCC3)CC2)cc1. The van der Waals surface area contributed by atoms with Crippen molar-refractivity contribution in [3.05, 3.63) is 29.8 Å². The van der Waals surface area contributed by atoms with Gasteiger partial charge in [0.1, 0.15) is 0 Å². The number of hydrogen-bond donors (Lipinski definition) is 4. The molecule has 0 bridgehead atoms. The fourth-order valence-corrected chi connectivity index (χ4v) is 4.06. The molecule has 1 aliphatic heterocycles. The molecule has 8 heteroatoms. The Morgan fingerprint density at radius 1 is 0.900 bits per heavy atom. The van der Waals surface area contributed by atoms with Crippen LogP contribution in [0.2, 0.25) is 0 Å². The van der Waals surface area contributed by atoms with E-state index < -0.39 is 0 Å². The molecule has 2 aliphatic rings. The molecular formula is C22H33N5O3. The number of piperidine rings is 1. The number of urea groups is 2. The van der Waals surface area contributed by atoms with Crippen molar-refractivity contribution < 1.29 is 14.4 Å². The number of hydrogen-bond acceptors (Lipinski definition) is 3. The lowest BCUT2D eigenvalue weighted by atomic mass is 9.96. The maximum Gasteiger partial charge on any atom is 0.321 e. The molecule has 1 saturated carbocycles. The molecule has 1 aromatic carbocycles. The van der Waals surface area contributed by atoms with E-state index in [1.54, 1.807) is 29.2 Å². The summed E-state index contributed by atoms with van der Waals surface area (Å²) in [5.41, 5.74) is 1.22. The van der Waals surface area contributed by atoms with Crippen LogP contribution in [-0.4, -0.2) is 54.6 Å². The lowest BCUT2D eigenvalue weighted by Gasteiger charge is -2.33. The summed E-state index contributed by atoms with van der Waals surface area (Å²) in [5, 5.41) is 11.8. The average molecular weight is 416 g/mol. The molecule has 164 valence electrons. The predicted molar refractivity (Wildman–Crippen MR) is 117 cm³/mol. The topological polar surface area (TPSA) is 103 Å². The molecule has 0 radical (unpaired) electrons. The van der Waals surface area contributed by atoms with Crippen molar-refractivity contribution in [3.8, 4) is 0 Å². The molecule has 3 rings (SSSR count). The summed E-state index contributed by atoms with van der Waals surface area (Å²) < 4.78 is 0. The Bertz CT molecular complexity index is 723. The predicted octanol–water partition coefficient (Wildman–Crippen LogP) is 3.06. The fraction of sp³-hybridized carbons (Fsp3) is 0.591. The highest BCUT2D eigenvalue weighted by molar-refractivity contribution is 5.95. The number of amides is 5. The number of nitrogens with one attached hydrogen (secondary N) is 4. The zero-order valence-electron chi connectivity index (χ0n) is 17.7. The highest BCUT2D eigenvalue weighted by atomic mass is 16.2. The maximum absolute atomic E-state index is 12.5. The summed E-state index contributed by atoms with van der Waals surface area (Å²) in [6.45, 7) is 3.63. The number of benzene rings is 1. The first-order valence-electron chi connectivity index (χ1n) is 11.1. The lowest BCUT2D eigenvalue weighted by Crippen LogP contribution is -2.51. The van der Waals surface area contributed by atoms with E-state index in [1.165, 1.54) is 19.3 Å². The van der Waals surface area contributed by atoms with Crippen LogP contribution in [0.4, 0.5) is 15.3 Å². The van der Waals surface area contributed by atoms with Gasteiger partial charge in [-0.05, 0) is 56.9 Å². The average Bonchev–Trinajstić information content (AvgIpc) is 2.75. The van der Waals surface area contributed by atoms with E-state index in [9.17, 15) is 14.4 Å². The van der Waals surface area contributed by atoms with Crippen molar-refractivity contribution in [1.82, 2.24) is 20.9 Å². The normalized spacial score (nSPS) is 17.8. The fourth-order valence-electron chi connectivity index (χ4n) is 4.06. The van der Waals surface area contributed by atoms with Gasteiger partial charge >= 0.3 is 12.1 Å². The summed E-state index contributed by atoms with van der Waals surface area (Å²) in [4.78, 5) is 38.3. The first-order chi connectivity index (χ1) is 14.5. The standard InChI is InChI=1S/C22H33N5O3/c1-2-23-20(28)16-8-10-18(11-9-16)26-22(30)27-14-12-19(13-15-27)25-21(29)24-17-6-4-3-5-7-17/h8-11,17,19H,2-7,12-15H2,1H3,(H,23,28)(H,26,30)(H2,24,25,29). The number of likely N-dealkylation sites (tertiary alicyclic amines) is 1. The largest absolute Gasteiger partial charge is 0.352 e. The zero-order valence-corrected chi connectivity index (χ0v) is 17.7. The summed E-state index contributed by atoms with van der Waals surface area (Å²) in [6.07, 6.45) is 7.24. The van der Waals surface area contributed by atoms with Crippen LogP contribution in [-0.2, 0) is 0 Å². The van der Waals surface area contributed by atoms with Crippen LogP contribution in [0.15, 0.2) is 24.3 Å². The summed E-state index contributed by atoms with van der Waals surface area (Å²) in [6, 6.07) is 6.99. The Hall–Kier alpha value is -2.77. The Labute approximate surface area is 178 Å². The molecule has 0 spiro atoms. The third-order valence-corrected chi connectivity index (χ3v) is 5.79. The molecule has 1 aliphatic carbocycles. The third kappa shape index (κ3) is 6.37. The molecule has 5 amide bonds. The van der Waals surface area contributed by atoms with Gasteiger partial charge in [-0.15, -0.1) is 0 Å². The van der Waals surface area contributed by atoms with Crippen LogP contribution in [0.3, 0.4) is 0 Å². The molecular weight excluding hydrogens is 382 g/mol. The molecule has 0 aromatic heterocycles. The molecule has 2 fully saturated rings. The van der Waals surface area contributed by atoms with E-state index in [2.05, 4.69) is 21.3 Å². The second-order valence-corrected chi connectivity index (χ2v) is 8.08. The van der Waals surface area contributed by atoms with Gasteiger partial charge in [0.15, 0.2) is 0 Å². The Morgan fingerprint density at radius 3 is 2.10 bits per heavy atom. The minimum absolute atomic E-state index is 0.0861. The van der Waals surface area contributed by atoms with Gasteiger partial charge in [-0.25, -0.2) is 9.59 Å². The minimum Gasteiger partial charge on any atom is -0.352 e. The quantitative estimate of drug-likeness (QED) is 0.594. The van der Waals surface area contributed by atoms with E-state index in [0.29, 0.717) is 36.9 Å². The van der Waals surface area contributed by atoms with Crippen molar-refractivity contribution in [3.63, 3.8) is 0 Å². The summed E-state index contributed by atoms with van der Waals surface area (Å²) in [5.74, 6) is -0.127. The number of nitrogens with zero attached hydrogens (tertiary/aromatic N) is 1. The number of rotatable bonds is 5. The molecule has 0 atom stereocenters. The summed E-state index contributed by atoms with van der Waals surface area (Å²) >= 11 is 0. The van der Waals surface area contributed by atoms with E-state index in [4.69, 9.17) is 0 Å². The van der Waals surface area contributed by atoms with Crippen molar-refractivity contribution in [2.24, 2.45) is 0 Å². The van der Waals surface area contributed by atoms with Crippen molar-refractivity contribution in [2.45, 2.75) is 64.0 Å². The molecule has 4 N–H and O–H groups in total. The Kier molecular flexibility index (Phi) is 7.93. The molecule has 1 saturated heterocycles. The van der Waals surface area contributed by atoms with Gasteiger partial charge in [0.2, 0.25) is 0 Å². The smallest absolute Gasteiger partial charge is 0.321 e. The van der Waals surface area contributed by atoms with Gasteiger partial charge in [-0.2, -0.15) is 0 Å². The highest BCUT2D eigenvalue weighted by Gasteiger charge is 2.25.